The molecule has 0 amide bonds. The molecule has 0 aromatic carbocycles. The molecule has 0 saturated carbocycles. The molecule has 0 aromatic rings. The van der Waals surface area contributed by atoms with Gasteiger partial charge in [0.2, 0.25) is 0 Å². The fraction of sp³-hybridized carbons (Fsp3) is 1.00. The molecule has 0 radical (unpaired) electrons. The summed E-state index contributed by atoms with van der Waals surface area (Å²) in [5, 5.41) is 3.65. The van der Waals surface area contributed by atoms with Crippen molar-refractivity contribution in [2.24, 2.45) is 0 Å². The number of unbranched alkanes of at least 4 members (excludes halogenated alkanes) is 1. The monoisotopic (exact) mass is 213 g/mol. The van der Waals surface area contributed by atoms with Crippen LogP contribution in [0.15, 0.2) is 0 Å². The molecule has 1 heterocycles. The molecule has 1 fully saturated rings. The average molecular weight is 213 g/mol. The Balaban J connectivity index is 2.09. The summed E-state index contributed by atoms with van der Waals surface area (Å²) >= 11 is 0. The molecule has 0 aliphatic carbocycles. The lowest BCUT2D eigenvalue weighted by Crippen LogP contribution is -2.37. The van der Waals surface area contributed by atoms with E-state index in [9.17, 15) is 0 Å². The SMILES string of the molecule is CCCCC(CC)NCC1CCCCO1. The average Bonchev–Trinajstić information content (AvgIpc) is 2.31. The first-order valence-corrected chi connectivity index (χ1v) is 6.71. The quantitative estimate of drug-likeness (QED) is 0.701. The number of ether oxygens (including phenoxy) is 1. The van der Waals surface area contributed by atoms with Gasteiger partial charge < -0.3 is 10.1 Å². The van der Waals surface area contributed by atoms with E-state index < -0.39 is 0 Å². The molecule has 1 N–H and O–H groups in total. The van der Waals surface area contributed by atoms with Crippen molar-refractivity contribution in [1.82, 2.24) is 5.32 Å². The van der Waals surface area contributed by atoms with E-state index in [4.69, 9.17) is 4.74 Å². The van der Waals surface area contributed by atoms with Crippen LogP contribution in [0.3, 0.4) is 0 Å². The summed E-state index contributed by atoms with van der Waals surface area (Å²) in [6, 6.07) is 0.704. The molecule has 2 nitrogen and oxygen atoms in total. The molecule has 1 saturated heterocycles. The minimum absolute atomic E-state index is 0.481. The highest BCUT2D eigenvalue weighted by Gasteiger charge is 2.14. The zero-order valence-electron chi connectivity index (χ0n) is 10.4. The van der Waals surface area contributed by atoms with Gasteiger partial charge >= 0.3 is 0 Å². The first kappa shape index (κ1) is 13.0. The van der Waals surface area contributed by atoms with Crippen molar-refractivity contribution in [2.75, 3.05) is 13.2 Å². The third-order valence-corrected chi connectivity index (χ3v) is 3.31. The van der Waals surface area contributed by atoms with E-state index in [0.717, 1.165) is 13.2 Å². The lowest BCUT2D eigenvalue weighted by atomic mass is 10.1. The van der Waals surface area contributed by atoms with Gasteiger partial charge in [-0.05, 0) is 32.1 Å². The van der Waals surface area contributed by atoms with Crippen molar-refractivity contribution in [2.45, 2.75) is 70.9 Å². The second-order valence-electron chi connectivity index (χ2n) is 4.64. The lowest BCUT2D eigenvalue weighted by molar-refractivity contribution is 0.0151. The summed E-state index contributed by atoms with van der Waals surface area (Å²) in [6.07, 6.45) is 9.54. The van der Waals surface area contributed by atoms with Gasteiger partial charge in [-0.2, -0.15) is 0 Å². The van der Waals surface area contributed by atoms with Gasteiger partial charge in [0, 0.05) is 19.2 Å². The van der Waals surface area contributed by atoms with Crippen LogP contribution in [0.5, 0.6) is 0 Å². The van der Waals surface area contributed by atoms with Crippen LogP contribution >= 0.6 is 0 Å². The van der Waals surface area contributed by atoms with E-state index in [2.05, 4.69) is 19.2 Å². The highest BCUT2D eigenvalue weighted by atomic mass is 16.5. The van der Waals surface area contributed by atoms with Crippen molar-refractivity contribution in [3.8, 4) is 0 Å². The first-order valence-electron chi connectivity index (χ1n) is 6.71. The van der Waals surface area contributed by atoms with Crippen LogP contribution in [0.2, 0.25) is 0 Å². The number of nitrogens with one attached hydrogen (secondary N) is 1. The van der Waals surface area contributed by atoms with Crippen LogP contribution in [-0.2, 0) is 4.74 Å². The Kier molecular flexibility index (Phi) is 7.03. The molecule has 1 aliphatic rings. The predicted octanol–water partition coefficient (Wildman–Crippen LogP) is 3.11. The molecule has 1 aliphatic heterocycles. The molecule has 2 atom stereocenters. The zero-order chi connectivity index (χ0) is 10.9. The van der Waals surface area contributed by atoms with Crippen molar-refractivity contribution in [1.29, 1.82) is 0 Å². The fourth-order valence-corrected chi connectivity index (χ4v) is 2.17. The standard InChI is InChI=1S/C13H27NO/c1-3-5-8-12(4-2)14-11-13-9-6-7-10-15-13/h12-14H,3-11H2,1-2H3. The minimum atomic E-state index is 0.481. The van der Waals surface area contributed by atoms with Crippen molar-refractivity contribution >= 4 is 0 Å². The van der Waals surface area contributed by atoms with Crippen LogP contribution in [0.4, 0.5) is 0 Å². The van der Waals surface area contributed by atoms with E-state index in [-0.39, 0.29) is 0 Å². The number of hydrogen-bond acceptors (Lipinski definition) is 2. The molecular weight excluding hydrogens is 186 g/mol. The Bertz CT molecular complexity index is 143. The summed E-state index contributed by atoms with van der Waals surface area (Å²) < 4.78 is 5.71. The zero-order valence-corrected chi connectivity index (χ0v) is 10.4. The molecule has 0 spiro atoms. The molecule has 15 heavy (non-hydrogen) atoms. The normalized spacial score (nSPS) is 24.0. The maximum atomic E-state index is 5.71. The minimum Gasteiger partial charge on any atom is -0.377 e. The van der Waals surface area contributed by atoms with Crippen LogP contribution in [0.25, 0.3) is 0 Å². The highest BCUT2D eigenvalue weighted by Crippen LogP contribution is 2.12. The van der Waals surface area contributed by atoms with E-state index in [1.807, 2.05) is 0 Å². The largest absolute Gasteiger partial charge is 0.377 e. The number of hydrogen-bond donors (Lipinski definition) is 1. The Morgan fingerprint density at radius 3 is 2.80 bits per heavy atom. The highest BCUT2D eigenvalue weighted by molar-refractivity contribution is 4.71. The molecule has 2 heteroatoms. The molecule has 2 unspecified atom stereocenters. The molecule has 1 rings (SSSR count). The summed E-state index contributed by atoms with van der Waals surface area (Å²) in [7, 11) is 0. The van der Waals surface area contributed by atoms with E-state index in [1.165, 1.54) is 44.9 Å². The van der Waals surface area contributed by atoms with Crippen LogP contribution in [0.1, 0.15) is 58.8 Å². The van der Waals surface area contributed by atoms with Gasteiger partial charge in [0.15, 0.2) is 0 Å². The second-order valence-corrected chi connectivity index (χ2v) is 4.64. The van der Waals surface area contributed by atoms with Crippen LogP contribution < -0.4 is 5.32 Å². The molecular formula is C13H27NO. The summed E-state index contributed by atoms with van der Waals surface area (Å²) in [6.45, 7) is 6.56. The Labute approximate surface area is 94.8 Å². The maximum Gasteiger partial charge on any atom is 0.0699 e. The summed E-state index contributed by atoms with van der Waals surface area (Å²) in [4.78, 5) is 0. The molecule has 0 bridgehead atoms. The topological polar surface area (TPSA) is 21.3 Å². The van der Waals surface area contributed by atoms with Gasteiger partial charge in [0.05, 0.1) is 6.10 Å². The molecule has 0 aromatic heterocycles. The van der Waals surface area contributed by atoms with Gasteiger partial charge in [-0.3, -0.25) is 0 Å². The summed E-state index contributed by atoms with van der Waals surface area (Å²) in [5.74, 6) is 0. The Morgan fingerprint density at radius 2 is 2.20 bits per heavy atom. The van der Waals surface area contributed by atoms with Gasteiger partial charge in [0.1, 0.15) is 0 Å². The second kappa shape index (κ2) is 8.12. The van der Waals surface area contributed by atoms with Crippen LogP contribution in [-0.4, -0.2) is 25.3 Å². The first-order chi connectivity index (χ1) is 7.36. The number of rotatable bonds is 7. The maximum absolute atomic E-state index is 5.71. The Hall–Kier alpha value is -0.0800. The van der Waals surface area contributed by atoms with Crippen molar-refractivity contribution in [3.63, 3.8) is 0 Å². The lowest BCUT2D eigenvalue weighted by Gasteiger charge is -2.25. The summed E-state index contributed by atoms with van der Waals surface area (Å²) in [5.41, 5.74) is 0. The van der Waals surface area contributed by atoms with Crippen molar-refractivity contribution in [3.05, 3.63) is 0 Å². The third kappa shape index (κ3) is 5.53. The third-order valence-electron chi connectivity index (χ3n) is 3.31. The predicted molar refractivity (Wildman–Crippen MR) is 65.2 cm³/mol. The van der Waals surface area contributed by atoms with Crippen molar-refractivity contribution < 1.29 is 4.74 Å². The van der Waals surface area contributed by atoms with Gasteiger partial charge in [-0.25, -0.2) is 0 Å². The molecule has 90 valence electrons. The van der Waals surface area contributed by atoms with E-state index in [1.54, 1.807) is 0 Å². The fourth-order valence-electron chi connectivity index (χ4n) is 2.17. The van der Waals surface area contributed by atoms with Gasteiger partial charge in [0.25, 0.3) is 0 Å². The van der Waals surface area contributed by atoms with Crippen LogP contribution in [0, 0.1) is 0 Å². The smallest absolute Gasteiger partial charge is 0.0699 e. The van der Waals surface area contributed by atoms with E-state index in [0.29, 0.717) is 12.1 Å². The van der Waals surface area contributed by atoms with Gasteiger partial charge in [-0.1, -0.05) is 26.7 Å². The Morgan fingerprint density at radius 1 is 1.33 bits per heavy atom. The van der Waals surface area contributed by atoms with Gasteiger partial charge in [-0.15, -0.1) is 0 Å². The van der Waals surface area contributed by atoms with E-state index >= 15 is 0 Å².